The van der Waals surface area contributed by atoms with Crippen LogP contribution < -0.4 is 10.5 Å². The molecule has 8 heteroatoms. The van der Waals surface area contributed by atoms with E-state index in [2.05, 4.69) is 22.7 Å². The zero-order valence-corrected chi connectivity index (χ0v) is 16.1. The van der Waals surface area contributed by atoms with Crippen LogP contribution in [0.15, 0.2) is 70.6 Å². The van der Waals surface area contributed by atoms with Crippen LogP contribution in [-0.4, -0.2) is 28.4 Å². The number of amides is 1. The maximum Gasteiger partial charge on any atom is 0.252 e. The molecule has 1 aromatic heterocycles. The highest BCUT2D eigenvalue weighted by atomic mass is 32.1. The topological polar surface area (TPSA) is 117 Å². The van der Waals surface area contributed by atoms with Gasteiger partial charge in [0.2, 0.25) is 4.80 Å². The Balaban J connectivity index is 2.09. The zero-order valence-electron chi connectivity index (χ0n) is 15.3. The molecule has 0 saturated heterocycles. The van der Waals surface area contributed by atoms with Gasteiger partial charge in [-0.2, -0.15) is 10.4 Å². The van der Waals surface area contributed by atoms with E-state index in [-0.39, 0.29) is 11.3 Å². The highest BCUT2D eigenvalue weighted by Crippen LogP contribution is 2.26. The molecule has 0 spiro atoms. The van der Waals surface area contributed by atoms with E-state index >= 15 is 0 Å². The smallest absolute Gasteiger partial charge is 0.252 e. The number of aromatic nitrogens is 1. The molecule has 0 fully saturated rings. The van der Waals surface area contributed by atoms with Gasteiger partial charge in [0.25, 0.3) is 5.91 Å². The predicted octanol–water partition coefficient (Wildman–Crippen LogP) is 2.86. The molecule has 7 nitrogen and oxygen atoms in total. The first-order valence-corrected chi connectivity index (χ1v) is 9.41. The first-order valence-electron chi connectivity index (χ1n) is 8.53. The van der Waals surface area contributed by atoms with E-state index < -0.39 is 5.91 Å². The largest absolute Gasteiger partial charge is 0.507 e. The molecular formula is C21H17N5O2S. The van der Waals surface area contributed by atoms with Gasteiger partial charge in [0.1, 0.15) is 5.75 Å². The molecule has 0 saturated carbocycles. The fourth-order valence-corrected chi connectivity index (χ4v) is 3.37. The van der Waals surface area contributed by atoms with Gasteiger partial charge >= 0.3 is 0 Å². The van der Waals surface area contributed by atoms with E-state index in [4.69, 9.17) is 11.0 Å². The van der Waals surface area contributed by atoms with Crippen molar-refractivity contribution in [3.05, 3.63) is 82.0 Å². The average Bonchev–Trinajstić information content (AvgIpc) is 3.13. The van der Waals surface area contributed by atoms with E-state index in [1.54, 1.807) is 47.3 Å². The SMILES string of the molecule is C=CCN=c1scc(-c2ccc(O)c(C(N)=O)c2)n1/N=C/c1ccc(C#N)cc1. The van der Waals surface area contributed by atoms with E-state index in [9.17, 15) is 9.90 Å². The monoisotopic (exact) mass is 403 g/mol. The van der Waals surface area contributed by atoms with E-state index in [0.717, 1.165) is 5.56 Å². The van der Waals surface area contributed by atoms with Crippen molar-refractivity contribution in [3.63, 3.8) is 0 Å². The van der Waals surface area contributed by atoms with Crippen LogP contribution in [0.3, 0.4) is 0 Å². The third-order valence-electron chi connectivity index (χ3n) is 3.96. The van der Waals surface area contributed by atoms with Gasteiger partial charge in [0.05, 0.1) is 35.6 Å². The lowest BCUT2D eigenvalue weighted by Gasteiger charge is -2.06. The minimum atomic E-state index is -0.719. The minimum absolute atomic E-state index is 0.0286. The van der Waals surface area contributed by atoms with Crippen LogP contribution in [0.25, 0.3) is 11.3 Å². The van der Waals surface area contributed by atoms with Gasteiger partial charge < -0.3 is 10.8 Å². The Morgan fingerprint density at radius 1 is 1.31 bits per heavy atom. The zero-order chi connectivity index (χ0) is 20.8. The molecule has 2 aromatic carbocycles. The Labute approximate surface area is 171 Å². The van der Waals surface area contributed by atoms with Crippen molar-refractivity contribution in [2.75, 3.05) is 6.54 Å². The first-order chi connectivity index (χ1) is 14.0. The summed E-state index contributed by atoms with van der Waals surface area (Å²) in [6.07, 6.45) is 3.33. The van der Waals surface area contributed by atoms with Crippen molar-refractivity contribution in [1.29, 1.82) is 5.26 Å². The number of primary amides is 1. The lowest BCUT2D eigenvalue weighted by molar-refractivity contribution is 0.0998. The lowest BCUT2D eigenvalue weighted by Crippen LogP contribution is -2.13. The van der Waals surface area contributed by atoms with Gasteiger partial charge in [-0.1, -0.05) is 18.2 Å². The van der Waals surface area contributed by atoms with Gasteiger partial charge in [-0.25, -0.2) is 4.68 Å². The summed E-state index contributed by atoms with van der Waals surface area (Å²) in [6.45, 7) is 4.10. The number of carbonyl (C=O) groups is 1. The van der Waals surface area contributed by atoms with E-state index in [1.807, 2.05) is 5.38 Å². The van der Waals surface area contributed by atoms with Crippen molar-refractivity contribution in [2.24, 2.45) is 15.8 Å². The molecule has 0 aliphatic carbocycles. The number of aromatic hydroxyl groups is 1. The fourth-order valence-electron chi connectivity index (χ4n) is 2.52. The number of nitrogens with two attached hydrogens (primary N) is 1. The Morgan fingerprint density at radius 2 is 2.07 bits per heavy atom. The van der Waals surface area contributed by atoms with Crippen LogP contribution in [-0.2, 0) is 0 Å². The second kappa shape index (κ2) is 8.82. The molecule has 0 aliphatic heterocycles. The van der Waals surface area contributed by atoms with Crippen molar-refractivity contribution in [2.45, 2.75) is 0 Å². The molecule has 0 bridgehead atoms. The average molecular weight is 403 g/mol. The summed E-state index contributed by atoms with van der Waals surface area (Å²) in [5.74, 6) is -0.899. The molecule has 0 aliphatic rings. The second-order valence-corrected chi connectivity index (χ2v) is 6.76. The van der Waals surface area contributed by atoms with Gasteiger partial charge in [-0.3, -0.25) is 9.79 Å². The number of hydrogen-bond acceptors (Lipinski definition) is 6. The molecule has 0 radical (unpaired) electrons. The summed E-state index contributed by atoms with van der Waals surface area (Å²) in [6, 6.07) is 13.7. The molecule has 1 amide bonds. The van der Waals surface area contributed by atoms with Crippen LogP contribution in [0.1, 0.15) is 21.5 Å². The third kappa shape index (κ3) is 4.48. The Bertz CT molecular complexity index is 1200. The number of benzene rings is 2. The third-order valence-corrected chi connectivity index (χ3v) is 4.81. The summed E-state index contributed by atoms with van der Waals surface area (Å²) in [4.78, 5) is 16.7. The van der Waals surface area contributed by atoms with Crippen LogP contribution in [0.5, 0.6) is 5.75 Å². The van der Waals surface area contributed by atoms with Crippen molar-refractivity contribution in [3.8, 4) is 23.1 Å². The predicted molar refractivity (Wildman–Crippen MR) is 113 cm³/mol. The molecule has 0 atom stereocenters. The summed E-state index contributed by atoms with van der Waals surface area (Å²) in [5.41, 5.74) is 8.09. The Morgan fingerprint density at radius 3 is 2.72 bits per heavy atom. The number of nitriles is 1. The summed E-state index contributed by atoms with van der Waals surface area (Å²) < 4.78 is 1.64. The number of hydrogen-bond donors (Lipinski definition) is 2. The molecule has 3 N–H and O–H groups in total. The summed E-state index contributed by atoms with van der Waals surface area (Å²) >= 11 is 1.38. The van der Waals surface area contributed by atoms with E-state index in [0.29, 0.717) is 28.2 Å². The highest BCUT2D eigenvalue weighted by Gasteiger charge is 2.13. The lowest BCUT2D eigenvalue weighted by atomic mass is 10.1. The van der Waals surface area contributed by atoms with Crippen molar-refractivity contribution >= 4 is 23.5 Å². The summed E-state index contributed by atoms with van der Waals surface area (Å²) in [7, 11) is 0. The van der Waals surface area contributed by atoms with E-state index in [1.165, 1.54) is 23.5 Å². The second-order valence-electron chi connectivity index (χ2n) is 5.92. The van der Waals surface area contributed by atoms with Crippen LogP contribution >= 0.6 is 11.3 Å². The van der Waals surface area contributed by atoms with Crippen LogP contribution in [0, 0.1) is 11.3 Å². The number of nitrogens with zero attached hydrogens (tertiary/aromatic N) is 4. The fraction of sp³-hybridized carbons (Fsp3) is 0.0476. The van der Waals surface area contributed by atoms with Gasteiger partial charge in [-0.05, 0) is 35.9 Å². The number of rotatable bonds is 6. The molecule has 3 aromatic rings. The maximum atomic E-state index is 11.6. The van der Waals surface area contributed by atoms with Gasteiger partial charge in [-0.15, -0.1) is 17.9 Å². The summed E-state index contributed by atoms with van der Waals surface area (Å²) in [5, 5.41) is 25.2. The molecular weight excluding hydrogens is 386 g/mol. The highest BCUT2D eigenvalue weighted by molar-refractivity contribution is 7.07. The Hall–Kier alpha value is -3.96. The molecule has 144 valence electrons. The van der Waals surface area contributed by atoms with Gasteiger partial charge in [0.15, 0.2) is 0 Å². The minimum Gasteiger partial charge on any atom is -0.507 e. The quantitative estimate of drug-likeness (QED) is 0.487. The molecule has 29 heavy (non-hydrogen) atoms. The Kier molecular flexibility index (Phi) is 6.02. The van der Waals surface area contributed by atoms with Crippen LogP contribution in [0.4, 0.5) is 0 Å². The number of carbonyl (C=O) groups excluding carboxylic acids is 1. The number of phenols is 1. The van der Waals surface area contributed by atoms with Crippen molar-refractivity contribution < 1.29 is 9.90 Å². The molecule has 1 heterocycles. The standard InChI is InChI=1S/C21H17N5O2S/c1-2-9-24-21-26(25-12-15-5-3-14(11-22)4-6-15)18(13-29-21)16-7-8-19(27)17(10-16)20(23)28/h2-8,10,12-13,27H,1,9H2,(H2,23,28)/b24-21?,25-12+. The normalized spacial score (nSPS) is 11.5. The van der Waals surface area contributed by atoms with Crippen molar-refractivity contribution in [1.82, 2.24) is 4.68 Å². The first kappa shape index (κ1) is 19.8. The maximum absolute atomic E-state index is 11.6. The molecule has 3 rings (SSSR count). The van der Waals surface area contributed by atoms with Crippen LogP contribution in [0.2, 0.25) is 0 Å². The molecule has 0 unspecified atom stereocenters. The van der Waals surface area contributed by atoms with Gasteiger partial charge in [0, 0.05) is 10.9 Å². The number of thiazole rings is 1.